The zero-order chi connectivity index (χ0) is 23.4. The quantitative estimate of drug-likeness (QED) is 0.600. The second-order valence-electron chi connectivity index (χ2n) is 8.65. The molecule has 0 atom stereocenters. The third-order valence-electron chi connectivity index (χ3n) is 6.28. The molecule has 0 saturated carbocycles. The summed E-state index contributed by atoms with van der Waals surface area (Å²) in [5.41, 5.74) is 4.48. The zero-order valence-corrected chi connectivity index (χ0v) is 19.5. The monoisotopic (exact) mass is 446 g/mol. The molecule has 4 rings (SSSR count). The highest BCUT2D eigenvalue weighted by Crippen LogP contribution is 2.27. The van der Waals surface area contributed by atoms with Gasteiger partial charge in [-0.05, 0) is 31.9 Å². The summed E-state index contributed by atoms with van der Waals surface area (Å²) in [6.45, 7) is 10.8. The van der Waals surface area contributed by atoms with Crippen molar-refractivity contribution < 1.29 is 9.32 Å². The SMILES string of the molecule is Cc1cc(CN2CCN(CC(=O)Nc3c(C#N)c(C)c(C)n3Cc3ccccc3)CC2)no1. The Balaban J connectivity index is 1.38. The van der Waals surface area contributed by atoms with E-state index in [9.17, 15) is 10.1 Å². The van der Waals surface area contributed by atoms with Gasteiger partial charge in [-0.25, -0.2) is 0 Å². The van der Waals surface area contributed by atoms with Gasteiger partial charge in [0.15, 0.2) is 0 Å². The maximum atomic E-state index is 12.9. The first-order chi connectivity index (χ1) is 15.9. The number of carbonyl (C=O) groups excluding carboxylic acids is 1. The van der Waals surface area contributed by atoms with Crippen LogP contribution in [0.1, 0.15) is 33.8 Å². The van der Waals surface area contributed by atoms with E-state index in [2.05, 4.69) is 26.3 Å². The molecule has 0 unspecified atom stereocenters. The largest absolute Gasteiger partial charge is 0.361 e. The Bertz CT molecular complexity index is 1150. The summed E-state index contributed by atoms with van der Waals surface area (Å²) in [5.74, 6) is 1.31. The number of nitrogens with one attached hydrogen (secondary N) is 1. The molecule has 8 heteroatoms. The third-order valence-corrected chi connectivity index (χ3v) is 6.28. The first kappa shape index (κ1) is 22.8. The van der Waals surface area contributed by atoms with Crippen molar-refractivity contribution >= 4 is 11.7 Å². The lowest BCUT2D eigenvalue weighted by Crippen LogP contribution is -2.48. The van der Waals surface area contributed by atoms with Crippen LogP contribution >= 0.6 is 0 Å². The number of nitrogens with zero attached hydrogens (tertiary/aromatic N) is 5. The van der Waals surface area contributed by atoms with Gasteiger partial charge in [0, 0.05) is 51.0 Å². The van der Waals surface area contributed by atoms with Gasteiger partial charge >= 0.3 is 0 Å². The second kappa shape index (κ2) is 10.0. The summed E-state index contributed by atoms with van der Waals surface area (Å²) >= 11 is 0. The molecule has 1 aliphatic heterocycles. The Labute approximate surface area is 194 Å². The minimum absolute atomic E-state index is 0.0983. The van der Waals surface area contributed by atoms with Gasteiger partial charge in [-0.15, -0.1) is 0 Å². The van der Waals surface area contributed by atoms with Crippen LogP contribution in [0.2, 0.25) is 0 Å². The number of piperazine rings is 1. The molecule has 1 aromatic carbocycles. The number of hydrogen-bond acceptors (Lipinski definition) is 6. The van der Waals surface area contributed by atoms with Gasteiger partial charge in [0.25, 0.3) is 0 Å². The fourth-order valence-corrected chi connectivity index (χ4v) is 4.30. The van der Waals surface area contributed by atoms with Gasteiger partial charge in [-0.3, -0.25) is 14.6 Å². The molecule has 1 N–H and O–H groups in total. The van der Waals surface area contributed by atoms with Gasteiger partial charge in [-0.1, -0.05) is 35.5 Å². The van der Waals surface area contributed by atoms with E-state index in [0.29, 0.717) is 24.5 Å². The first-order valence-electron chi connectivity index (χ1n) is 11.2. The predicted octanol–water partition coefficient (Wildman–Crippen LogP) is 3.08. The molecule has 0 radical (unpaired) electrons. The summed E-state index contributed by atoms with van der Waals surface area (Å²) in [4.78, 5) is 17.4. The van der Waals surface area contributed by atoms with Crippen molar-refractivity contribution in [3.63, 3.8) is 0 Å². The number of aromatic nitrogens is 2. The van der Waals surface area contributed by atoms with Gasteiger partial charge < -0.3 is 14.4 Å². The molecule has 172 valence electrons. The Kier molecular flexibility index (Phi) is 6.92. The van der Waals surface area contributed by atoms with E-state index in [1.165, 1.54) is 0 Å². The van der Waals surface area contributed by atoms with Gasteiger partial charge in [0.05, 0.1) is 17.8 Å². The van der Waals surface area contributed by atoms with Crippen molar-refractivity contribution in [2.24, 2.45) is 0 Å². The summed E-state index contributed by atoms with van der Waals surface area (Å²) in [7, 11) is 0. The molecule has 0 spiro atoms. The predicted molar refractivity (Wildman–Crippen MR) is 126 cm³/mol. The van der Waals surface area contributed by atoms with E-state index in [-0.39, 0.29) is 5.91 Å². The number of aryl methyl sites for hydroxylation is 1. The van der Waals surface area contributed by atoms with Crippen molar-refractivity contribution in [1.29, 1.82) is 5.26 Å². The average molecular weight is 447 g/mol. The fraction of sp³-hybridized carbons (Fsp3) is 0.400. The van der Waals surface area contributed by atoms with Crippen molar-refractivity contribution in [1.82, 2.24) is 19.5 Å². The molecule has 8 nitrogen and oxygen atoms in total. The lowest BCUT2D eigenvalue weighted by Gasteiger charge is -2.33. The standard InChI is InChI=1S/C25H30N6O2/c1-18-13-22(28-33-18)16-29-9-11-30(12-10-29)17-24(32)27-25-23(14-26)19(2)20(3)31(25)15-21-7-5-4-6-8-21/h4-8,13H,9-12,15-17H2,1-3H3,(H,27,32). The van der Waals surface area contributed by atoms with Gasteiger partial charge in [-0.2, -0.15) is 5.26 Å². The number of carbonyl (C=O) groups is 1. The van der Waals surface area contributed by atoms with E-state index in [0.717, 1.165) is 61.0 Å². The van der Waals surface area contributed by atoms with Crippen LogP contribution in [0.5, 0.6) is 0 Å². The summed E-state index contributed by atoms with van der Waals surface area (Å²) in [6, 6.07) is 14.3. The Morgan fingerprint density at radius 2 is 1.79 bits per heavy atom. The number of benzene rings is 1. The molecular weight excluding hydrogens is 416 g/mol. The molecule has 0 aliphatic carbocycles. The topological polar surface area (TPSA) is 90.3 Å². The fourth-order valence-electron chi connectivity index (χ4n) is 4.30. The maximum Gasteiger partial charge on any atom is 0.239 e. The number of rotatable bonds is 7. The van der Waals surface area contributed by atoms with E-state index >= 15 is 0 Å². The number of amides is 1. The molecule has 0 bridgehead atoms. The van der Waals surface area contributed by atoms with Crippen LogP contribution in [-0.2, 0) is 17.9 Å². The molecule has 33 heavy (non-hydrogen) atoms. The molecule has 3 aromatic rings. The molecule has 3 heterocycles. The van der Waals surface area contributed by atoms with E-state index in [1.807, 2.05) is 61.7 Å². The van der Waals surface area contributed by atoms with Crippen LogP contribution in [0.25, 0.3) is 0 Å². The minimum Gasteiger partial charge on any atom is -0.361 e. The highest BCUT2D eigenvalue weighted by molar-refractivity contribution is 5.93. The highest BCUT2D eigenvalue weighted by atomic mass is 16.5. The lowest BCUT2D eigenvalue weighted by molar-refractivity contribution is -0.117. The molecule has 1 amide bonds. The molecule has 2 aromatic heterocycles. The second-order valence-corrected chi connectivity index (χ2v) is 8.65. The third kappa shape index (κ3) is 5.33. The normalized spacial score (nSPS) is 14.8. The van der Waals surface area contributed by atoms with Crippen LogP contribution in [-0.4, -0.2) is 58.2 Å². The van der Waals surface area contributed by atoms with Crippen molar-refractivity contribution in [3.8, 4) is 6.07 Å². The zero-order valence-electron chi connectivity index (χ0n) is 19.5. The van der Waals surface area contributed by atoms with Crippen LogP contribution < -0.4 is 5.32 Å². The lowest BCUT2D eigenvalue weighted by atomic mass is 10.2. The van der Waals surface area contributed by atoms with Gasteiger partial charge in [0.1, 0.15) is 17.6 Å². The highest BCUT2D eigenvalue weighted by Gasteiger charge is 2.23. The number of anilines is 1. The van der Waals surface area contributed by atoms with Gasteiger partial charge in [0.2, 0.25) is 5.91 Å². The Hall–Kier alpha value is -3.41. The summed E-state index contributed by atoms with van der Waals surface area (Å²) in [6.07, 6.45) is 0. The summed E-state index contributed by atoms with van der Waals surface area (Å²) in [5, 5.41) is 16.8. The molecule has 1 fully saturated rings. The van der Waals surface area contributed by atoms with Crippen molar-refractivity contribution in [3.05, 3.63) is 70.2 Å². The van der Waals surface area contributed by atoms with Crippen LogP contribution in [0.15, 0.2) is 40.9 Å². The smallest absolute Gasteiger partial charge is 0.239 e. The van der Waals surface area contributed by atoms with Crippen molar-refractivity contribution in [2.45, 2.75) is 33.9 Å². The molecular formula is C25H30N6O2. The average Bonchev–Trinajstić information content (AvgIpc) is 3.31. The van der Waals surface area contributed by atoms with Crippen molar-refractivity contribution in [2.75, 3.05) is 38.0 Å². The Morgan fingerprint density at radius 3 is 2.42 bits per heavy atom. The maximum absolute atomic E-state index is 12.9. The first-order valence-corrected chi connectivity index (χ1v) is 11.2. The minimum atomic E-state index is -0.0983. The molecule has 1 saturated heterocycles. The number of nitriles is 1. The van der Waals surface area contributed by atoms with Crippen LogP contribution in [0, 0.1) is 32.1 Å². The number of hydrogen-bond donors (Lipinski definition) is 1. The van der Waals surface area contributed by atoms with E-state index in [4.69, 9.17) is 4.52 Å². The summed E-state index contributed by atoms with van der Waals surface area (Å²) < 4.78 is 7.17. The van der Waals surface area contributed by atoms with E-state index < -0.39 is 0 Å². The van der Waals surface area contributed by atoms with E-state index in [1.54, 1.807) is 0 Å². The Morgan fingerprint density at radius 1 is 1.09 bits per heavy atom. The van der Waals surface area contributed by atoms with Crippen LogP contribution in [0.4, 0.5) is 5.82 Å². The van der Waals surface area contributed by atoms with Crippen LogP contribution in [0.3, 0.4) is 0 Å². The molecule has 1 aliphatic rings.